The maximum atomic E-state index is 12.8. The SMILES string of the molecule is CC(C)C(NC(=O)c1ccc2c(c1)CCN2S(C)(=O)=O)c1nc(C2CC2)no1. The van der Waals surface area contributed by atoms with Gasteiger partial charge in [0.05, 0.1) is 11.9 Å². The van der Waals surface area contributed by atoms with Gasteiger partial charge in [-0.05, 0) is 48.9 Å². The molecule has 1 aliphatic carbocycles. The lowest BCUT2D eigenvalue weighted by atomic mass is 10.0. The monoisotopic (exact) mass is 404 g/mol. The highest BCUT2D eigenvalue weighted by Gasteiger charge is 2.32. The van der Waals surface area contributed by atoms with Crippen molar-refractivity contribution in [3.8, 4) is 0 Å². The average molecular weight is 404 g/mol. The largest absolute Gasteiger partial charge is 0.340 e. The second-order valence-electron chi connectivity index (χ2n) is 7.89. The van der Waals surface area contributed by atoms with Crippen LogP contribution < -0.4 is 9.62 Å². The Morgan fingerprint density at radius 2 is 2.07 bits per heavy atom. The van der Waals surface area contributed by atoms with Crippen LogP contribution in [0.4, 0.5) is 5.69 Å². The van der Waals surface area contributed by atoms with Crippen molar-refractivity contribution in [3.05, 3.63) is 41.0 Å². The van der Waals surface area contributed by atoms with Crippen LogP contribution in [-0.4, -0.2) is 37.3 Å². The van der Waals surface area contributed by atoms with Crippen LogP contribution in [0.1, 0.15) is 66.3 Å². The Balaban J connectivity index is 1.53. The quantitative estimate of drug-likeness (QED) is 0.792. The van der Waals surface area contributed by atoms with E-state index in [9.17, 15) is 13.2 Å². The number of benzene rings is 1. The third kappa shape index (κ3) is 3.63. The first kappa shape index (κ1) is 18.9. The Bertz CT molecular complexity index is 1010. The number of carbonyl (C=O) groups is 1. The Morgan fingerprint density at radius 1 is 1.32 bits per heavy atom. The molecule has 0 saturated heterocycles. The maximum Gasteiger partial charge on any atom is 0.251 e. The van der Waals surface area contributed by atoms with Gasteiger partial charge < -0.3 is 9.84 Å². The van der Waals surface area contributed by atoms with Gasteiger partial charge in [-0.1, -0.05) is 19.0 Å². The number of nitrogens with one attached hydrogen (secondary N) is 1. The molecule has 8 nitrogen and oxygen atoms in total. The van der Waals surface area contributed by atoms with Crippen molar-refractivity contribution in [1.29, 1.82) is 0 Å². The number of nitrogens with zero attached hydrogens (tertiary/aromatic N) is 3. The molecule has 2 aromatic rings. The molecule has 1 unspecified atom stereocenters. The first-order chi connectivity index (χ1) is 13.2. The van der Waals surface area contributed by atoms with E-state index in [4.69, 9.17) is 4.52 Å². The molecule has 1 N–H and O–H groups in total. The lowest BCUT2D eigenvalue weighted by Crippen LogP contribution is -2.32. The van der Waals surface area contributed by atoms with Crippen molar-refractivity contribution in [2.45, 2.75) is 45.1 Å². The highest BCUT2D eigenvalue weighted by molar-refractivity contribution is 7.92. The van der Waals surface area contributed by atoms with Gasteiger partial charge in [-0.25, -0.2) is 8.42 Å². The third-order valence-corrected chi connectivity index (χ3v) is 6.39. The molecular weight excluding hydrogens is 380 g/mol. The summed E-state index contributed by atoms with van der Waals surface area (Å²) in [6.07, 6.45) is 3.94. The fourth-order valence-electron chi connectivity index (χ4n) is 3.48. The van der Waals surface area contributed by atoms with Crippen molar-refractivity contribution >= 4 is 21.6 Å². The van der Waals surface area contributed by atoms with Crippen LogP contribution in [0.3, 0.4) is 0 Å². The number of rotatable bonds is 6. The van der Waals surface area contributed by atoms with Crippen LogP contribution in [0, 0.1) is 5.92 Å². The van der Waals surface area contributed by atoms with Crippen molar-refractivity contribution in [3.63, 3.8) is 0 Å². The lowest BCUT2D eigenvalue weighted by Gasteiger charge is -2.19. The van der Waals surface area contributed by atoms with Gasteiger partial charge in [-0.15, -0.1) is 0 Å². The summed E-state index contributed by atoms with van der Waals surface area (Å²) in [6.45, 7) is 4.37. The smallest absolute Gasteiger partial charge is 0.251 e. The van der Waals surface area contributed by atoms with E-state index in [0.717, 1.165) is 18.4 Å². The van der Waals surface area contributed by atoms with E-state index in [1.165, 1.54) is 10.6 Å². The summed E-state index contributed by atoms with van der Waals surface area (Å²) >= 11 is 0. The van der Waals surface area contributed by atoms with E-state index >= 15 is 0 Å². The zero-order valence-corrected chi connectivity index (χ0v) is 17.0. The zero-order valence-electron chi connectivity index (χ0n) is 16.2. The van der Waals surface area contributed by atoms with Gasteiger partial charge in [0.2, 0.25) is 15.9 Å². The summed E-state index contributed by atoms with van der Waals surface area (Å²) in [6, 6.07) is 4.73. The van der Waals surface area contributed by atoms with Crippen LogP contribution in [0.15, 0.2) is 22.7 Å². The molecule has 1 aromatic carbocycles. The molecule has 1 saturated carbocycles. The first-order valence-electron chi connectivity index (χ1n) is 9.49. The minimum Gasteiger partial charge on any atom is -0.340 e. The summed E-state index contributed by atoms with van der Waals surface area (Å²) in [7, 11) is -3.31. The Morgan fingerprint density at radius 3 is 2.71 bits per heavy atom. The Kier molecular flexibility index (Phi) is 4.65. The topological polar surface area (TPSA) is 105 Å². The zero-order chi connectivity index (χ0) is 20.1. The van der Waals surface area contributed by atoms with Crippen molar-refractivity contribution < 1.29 is 17.7 Å². The molecule has 9 heteroatoms. The third-order valence-electron chi connectivity index (χ3n) is 5.21. The molecule has 1 atom stereocenters. The van der Waals surface area contributed by atoms with Gasteiger partial charge in [0.1, 0.15) is 6.04 Å². The highest BCUT2D eigenvalue weighted by Crippen LogP contribution is 2.38. The van der Waals surface area contributed by atoms with Gasteiger partial charge in [0.25, 0.3) is 5.91 Å². The van der Waals surface area contributed by atoms with Gasteiger partial charge in [-0.3, -0.25) is 9.10 Å². The molecule has 2 heterocycles. The van der Waals surface area contributed by atoms with Gasteiger partial charge in [-0.2, -0.15) is 4.98 Å². The van der Waals surface area contributed by atoms with E-state index in [2.05, 4.69) is 15.5 Å². The summed E-state index contributed by atoms with van der Waals surface area (Å²) in [5, 5.41) is 7.03. The molecule has 1 aromatic heterocycles. The van der Waals surface area contributed by atoms with E-state index < -0.39 is 10.0 Å². The van der Waals surface area contributed by atoms with Crippen LogP contribution in [-0.2, 0) is 16.4 Å². The number of sulfonamides is 1. The summed E-state index contributed by atoms with van der Waals surface area (Å²) < 4.78 is 30.5. The molecule has 1 aliphatic heterocycles. The second-order valence-corrected chi connectivity index (χ2v) is 9.80. The molecule has 4 rings (SSSR count). The van der Waals surface area contributed by atoms with Gasteiger partial charge in [0.15, 0.2) is 5.82 Å². The Labute approximate surface area is 164 Å². The van der Waals surface area contributed by atoms with Gasteiger partial charge >= 0.3 is 0 Å². The standard InChI is InChI=1S/C19H24N4O4S/c1-11(2)16(19-21-17(22-27-19)12-4-5-12)20-18(24)14-6-7-15-13(10-14)8-9-23(15)28(3,25)26/h6-7,10-12,16H,4-5,8-9H2,1-3H3,(H,20,24). The van der Waals surface area contributed by atoms with Crippen molar-refractivity contribution in [2.75, 3.05) is 17.1 Å². The molecule has 28 heavy (non-hydrogen) atoms. The predicted octanol–water partition coefficient (Wildman–Crippen LogP) is 2.40. The number of fused-ring (bicyclic) bond motifs is 1. The molecule has 0 spiro atoms. The van der Waals surface area contributed by atoms with Crippen LogP contribution in [0.25, 0.3) is 0 Å². The number of amides is 1. The fourth-order valence-corrected chi connectivity index (χ4v) is 4.43. The van der Waals surface area contributed by atoms with Crippen LogP contribution in [0.2, 0.25) is 0 Å². The maximum absolute atomic E-state index is 12.8. The van der Waals surface area contributed by atoms with E-state index in [-0.39, 0.29) is 17.9 Å². The predicted molar refractivity (Wildman–Crippen MR) is 104 cm³/mol. The number of aromatic nitrogens is 2. The molecule has 0 radical (unpaired) electrons. The Hall–Kier alpha value is -2.42. The molecule has 150 valence electrons. The van der Waals surface area contributed by atoms with E-state index in [1.807, 2.05) is 13.8 Å². The van der Waals surface area contributed by atoms with E-state index in [1.54, 1.807) is 18.2 Å². The first-order valence-corrected chi connectivity index (χ1v) is 11.3. The molecule has 1 amide bonds. The second kappa shape index (κ2) is 6.88. The fraction of sp³-hybridized carbons (Fsp3) is 0.526. The normalized spacial score (nSPS) is 17.6. The molecule has 1 fully saturated rings. The summed E-state index contributed by atoms with van der Waals surface area (Å²) in [5.74, 6) is 1.36. The van der Waals surface area contributed by atoms with Crippen LogP contribution in [0.5, 0.6) is 0 Å². The van der Waals surface area contributed by atoms with Crippen molar-refractivity contribution in [1.82, 2.24) is 15.5 Å². The summed E-state index contributed by atoms with van der Waals surface area (Å²) in [5.41, 5.74) is 1.99. The molecular formula is C19H24N4O4S. The number of anilines is 1. The minimum absolute atomic E-state index is 0.0756. The lowest BCUT2D eigenvalue weighted by molar-refractivity contribution is 0.0914. The molecule has 2 aliphatic rings. The summed E-state index contributed by atoms with van der Waals surface area (Å²) in [4.78, 5) is 17.3. The average Bonchev–Trinajstić information content (AvgIpc) is 3.20. The van der Waals surface area contributed by atoms with Gasteiger partial charge in [0, 0.05) is 18.0 Å². The molecule has 0 bridgehead atoms. The highest BCUT2D eigenvalue weighted by atomic mass is 32.2. The van der Waals surface area contributed by atoms with E-state index in [0.29, 0.717) is 41.8 Å². The minimum atomic E-state index is -3.31. The number of hydrogen-bond donors (Lipinski definition) is 1. The van der Waals surface area contributed by atoms with Crippen LogP contribution >= 0.6 is 0 Å². The number of carbonyl (C=O) groups excluding carboxylic acids is 1. The number of hydrogen-bond acceptors (Lipinski definition) is 6. The van der Waals surface area contributed by atoms with Crippen molar-refractivity contribution in [2.24, 2.45) is 5.92 Å².